The minimum absolute atomic E-state index is 0.0912. The van der Waals surface area contributed by atoms with Crippen LogP contribution in [0.2, 0.25) is 0 Å². The fourth-order valence-electron chi connectivity index (χ4n) is 4.25. The number of amides is 1. The smallest absolute Gasteiger partial charge is 0.295 e. The van der Waals surface area contributed by atoms with Gasteiger partial charge in [0, 0.05) is 16.6 Å². The number of carbonyl (C=O) groups is 2. The molecule has 35 heavy (non-hydrogen) atoms. The lowest BCUT2D eigenvalue weighted by Crippen LogP contribution is -2.31. The first kappa shape index (κ1) is 24.5. The molecular weight excluding hydrogens is 510 g/mol. The quantitative estimate of drug-likeness (QED) is 0.247. The maximum absolute atomic E-state index is 13.2. The van der Waals surface area contributed by atoms with Crippen LogP contribution in [-0.4, -0.2) is 42.5 Å². The van der Waals surface area contributed by atoms with Crippen LogP contribution in [0.5, 0.6) is 11.5 Å². The number of hydrogen-bond acceptors (Lipinski definition) is 5. The van der Waals surface area contributed by atoms with E-state index in [1.54, 1.807) is 26.4 Å². The maximum atomic E-state index is 13.2. The number of aliphatic hydroxyl groups is 1. The Morgan fingerprint density at radius 3 is 2.23 bits per heavy atom. The highest BCUT2D eigenvalue weighted by atomic mass is 79.9. The summed E-state index contributed by atoms with van der Waals surface area (Å²) < 4.78 is 11.6. The third kappa shape index (κ3) is 4.95. The topological polar surface area (TPSA) is 76.1 Å². The number of hydrogen-bond donors (Lipinski definition) is 1. The highest BCUT2D eigenvalue weighted by Crippen LogP contribution is 2.40. The molecule has 180 valence electrons. The second kappa shape index (κ2) is 10.4. The van der Waals surface area contributed by atoms with E-state index in [1.807, 2.05) is 61.5 Å². The fraction of sp³-hybridized carbons (Fsp3) is 0.214. The van der Waals surface area contributed by atoms with Crippen LogP contribution >= 0.6 is 15.9 Å². The average Bonchev–Trinajstić information content (AvgIpc) is 3.12. The number of carbonyl (C=O) groups excluding carboxylic acids is 2. The van der Waals surface area contributed by atoms with E-state index in [1.165, 1.54) is 4.90 Å². The number of Topliss-reactive ketones (excluding diaryl/α,β-unsaturated/α-hetero) is 1. The largest absolute Gasteiger partial charge is 0.507 e. The van der Waals surface area contributed by atoms with Gasteiger partial charge in [0.2, 0.25) is 0 Å². The van der Waals surface area contributed by atoms with Gasteiger partial charge < -0.3 is 19.5 Å². The van der Waals surface area contributed by atoms with Crippen molar-refractivity contribution in [1.82, 2.24) is 4.90 Å². The van der Waals surface area contributed by atoms with Crippen LogP contribution in [0, 0.1) is 6.92 Å². The van der Waals surface area contributed by atoms with Crippen molar-refractivity contribution in [3.8, 4) is 11.5 Å². The first-order valence-electron chi connectivity index (χ1n) is 11.2. The first-order valence-corrected chi connectivity index (χ1v) is 11.9. The normalized spacial score (nSPS) is 17.0. The number of aliphatic hydroxyl groups excluding tert-OH is 1. The molecule has 7 heteroatoms. The summed E-state index contributed by atoms with van der Waals surface area (Å²) in [6.07, 6.45) is 0.491. The van der Waals surface area contributed by atoms with E-state index in [0.717, 1.165) is 21.2 Å². The zero-order valence-electron chi connectivity index (χ0n) is 19.7. The van der Waals surface area contributed by atoms with Gasteiger partial charge in [0.05, 0.1) is 25.8 Å². The van der Waals surface area contributed by atoms with Gasteiger partial charge in [-0.3, -0.25) is 9.59 Å². The molecule has 0 spiro atoms. The van der Waals surface area contributed by atoms with E-state index in [4.69, 9.17) is 9.47 Å². The van der Waals surface area contributed by atoms with Crippen LogP contribution in [0.3, 0.4) is 0 Å². The predicted octanol–water partition coefficient (Wildman–Crippen LogP) is 5.44. The van der Waals surface area contributed by atoms with Crippen molar-refractivity contribution in [3.63, 3.8) is 0 Å². The molecule has 1 amide bonds. The summed E-state index contributed by atoms with van der Waals surface area (Å²) in [5.41, 5.74) is 3.29. The van der Waals surface area contributed by atoms with Crippen molar-refractivity contribution in [2.75, 3.05) is 20.8 Å². The molecule has 6 nitrogen and oxygen atoms in total. The zero-order valence-corrected chi connectivity index (χ0v) is 21.3. The molecule has 3 aromatic carbocycles. The van der Waals surface area contributed by atoms with Gasteiger partial charge in [-0.2, -0.15) is 0 Å². The fourth-order valence-corrected chi connectivity index (χ4v) is 4.52. The molecule has 0 aliphatic carbocycles. The van der Waals surface area contributed by atoms with Gasteiger partial charge in [-0.25, -0.2) is 0 Å². The summed E-state index contributed by atoms with van der Waals surface area (Å²) in [7, 11) is 3.14. The van der Waals surface area contributed by atoms with E-state index in [-0.39, 0.29) is 17.9 Å². The number of methoxy groups -OCH3 is 2. The SMILES string of the molecule is COc1ccc(CCN2C(=O)C(=O)/C(=C(\O)c3ccc(C)cc3)C2c2ccc(Br)cc2)cc1OC. The lowest BCUT2D eigenvalue weighted by atomic mass is 9.95. The number of rotatable bonds is 7. The van der Waals surface area contributed by atoms with Gasteiger partial charge in [-0.05, 0) is 48.7 Å². The molecule has 1 aliphatic rings. The Hall–Kier alpha value is -3.58. The van der Waals surface area contributed by atoms with Crippen LogP contribution < -0.4 is 9.47 Å². The van der Waals surface area contributed by atoms with Gasteiger partial charge >= 0.3 is 0 Å². The molecule has 1 atom stereocenters. The van der Waals surface area contributed by atoms with Crippen molar-refractivity contribution < 1.29 is 24.2 Å². The van der Waals surface area contributed by atoms with E-state index in [0.29, 0.717) is 23.5 Å². The lowest BCUT2D eigenvalue weighted by Gasteiger charge is -2.25. The molecule has 1 unspecified atom stereocenters. The summed E-state index contributed by atoms with van der Waals surface area (Å²) >= 11 is 3.44. The van der Waals surface area contributed by atoms with Gasteiger partial charge in [0.15, 0.2) is 11.5 Å². The summed E-state index contributed by atoms with van der Waals surface area (Å²) in [5, 5.41) is 11.2. The Balaban J connectivity index is 1.73. The molecule has 1 heterocycles. The number of benzene rings is 3. The van der Waals surface area contributed by atoms with Crippen LogP contribution in [0.15, 0.2) is 76.8 Å². The molecule has 1 aliphatic heterocycles. The monoisotopic (exact) mass is 535 g/mol. The summed E-state index contributed by atoms with van der Waals surface area (Å²) in [5.74, 6) is -0.291. The van der Waals surface area contributed by atoms with Crippen LogP contribution in [-0.2, 0) is 16.0 Å². The number of halogens is 1. The van der Waals surface area contributed by atoms with E-state index in [2.05, 4.69) is 15.9 Å². The van der Waals surface area contributed by atoms with Gasteiger partial charge in [0.1, 0.15) is 5.76 Å². The molecule has 4 rings (SSSR count). The summed E-state index contributed by atoms with van der Waals surface area (Å²) in [6, 6.07) is 19.5. The lowest BCUT2D eigenvalue weighted by molar-refractivity contribution is -0.139. The van der Waals surface area contributed by atoms with Gasteiger partial charge in [-0.15, -0.1) is 0 Å². The minimum Gasteiger partial charge on any atom is -0.507 e. The minimum atomic E-state index is -0.704. The molecule has 1 fully saturated rings. The Morgan fingerprint density at radius 2 is 1.60 bits per heavy atom. The number of ether oxygens (including phenoxy) is 2. The van der Waals surface area contributed by atoms with Crippen LogP contribution in [0.1, 0.15) is 28.3 Å². The van der Waals surface area contributed by atoms with E-state index >= 15 is 0 Å². The zero-order chi connectivity index (χ0) is 25.1. The number of ketones is 1. The average molecular weight is 536 g/mol. The molecule has 0 aromatic heterocycles. The third-order valence-electron chi connectivity index (χ3n) is 6.14. The highest BCUT2D eigenvalue weighted by molar-refractivity contribution is 9.10. The molecule has 1 N–H and O–H groups in total. The van der Waals surface area contributed by atoms with Crippen molar-refractivity contribution in [2.45, 2.75) is 19.4 Å². The van der Waals surface area contributed by atoms with Crippen molar-refractivity contribution in [2.24, 2.45) is 0 Å². The number of likely N-dealkylation sites (tertiary alicyclic amines) is 1. The second-order valence-corrected chi connectivity index (χ2v) is 9.27. The number of nitrogens with zero attached hydrogens (tertiary/aromatic N) is 1. The Morgan fingerprint density at radius 1 is 0.943 bits per heavy atom. The highest BCUT2D eigenvalue weighted by Gasteiger charge is 2.45. The van der Waals surface area contributed by atoms with Crippen LogP contribution in [0.25, 0.3) is 5.76 Å². The third-order valence-corrected chi connectivity index (χ3v) is 6.67. The maximum Gasteiger partial charge on any atom is 0.295 e. The Labute approximate surface area is 212 Å². The van der Waals surface area contributed by atoms with Gasteiger partial charge in [-0.1, -0.05) is 64.0 Å². The molecule has 0 radical (unpaired) electrons. The Kier molecular flexibility index (Phi) is 7.26. The molecule has 1 saturated heterocycles. The molecule has 0 saturated carbocycles. The van der Waals surface area contributed by atoms with E-state index in [9.17, 15) is 14.7 Å². The van der Waals surface area contributed by atoms with Gasteiger partial charge in [0.25, 0.3) is 11.7 Å². The predicted molar refractivity (Wildman–Crippen MR) is 138 cm³/mol. The standard InChI is InChI=1S/C28H26BrNO5/c1-17-4-7-20(8-5-17)26(31)24-25(19-9-11-21(29)12-10-19)30(28(33)27(24)32)15-14-18-6-13-22(34-2)23(16-18)35-3/h4-13,16,25,31H,14-15H2,1-3H3/b26-24-. The molecule has 3 aromatic rings. The van der Waals surface area contributed by atoms with Crippen molar-refractivity contribution in [3.05, 3.63) is 99.0 Å². The van der Waals surface area contributed by atoms with E-state index < -0.39 is 17.7 Å². The first-order chi connectivity index (χ1) is 16.8. The van der Waals surface area contributed by atoms with Crippen molar-refractivity contribution >= 4 is 33.4 Å². The van der Waals surface area contributed by atoms with Crippen LogP contribution in [0.4, 0.5) is 0 Å². The molecular formula is C28H26BrNO5. The van der Waals surface area contributed by atoms with Crippen molar-refractivity contribution in [1.29, 1.82) is 0 Å². The summed E-state index contributed by atoms with van der Waals surface area (Å²) in [6.45, 7) is 2.23. The summed E-state index contributed by atoms with van der Waals surface area (Å²) in [4.78, 5) is 27.9. The second-order valence-electron chi connectivity index (χ2n) is 8.35. The molecule has 0 bridgehead atoms. The number of aryl methyl sites for hydroxylation is 1. The Bertz CT molecular complexity index is 1280.